The lowest BCUT2D eigenvalue weighted by atomic mass is 9.70. The van der Waals surface area contributed by atoms with Crippen molar-refractivity contribution in [2.24, 2.45) is 17.3 Å². The van der Waals surface area contributed by atoms with Crippen LogP contribution in [0.2, 0.25) is 0 Å². The number of hydrogen-bond donors (Lipinski definition) is 1. The van der Waals surface area contributed by atoms with Crippen molar-refractivity contribution in [1.29, 1.82) is 0 Å². The molecule has 2 aliphatic carbocycles. The average Bonchev–Trinajstić information content (AvgIpc) is 2.83. The van der Waals surface area contributed by atoms with E-state index in [4.69, 9.17) is 4.74 Å². The Hall–Kier alpha value is -0.0800. The van der Waals surface area contributed by atoms with Crippen LogP contribution in [0, 0.1) is 17.3 Å². The molecule has 2 nitrogen and oxygen atoms in total. The van der Waals surface area contributed by atoms with Gasteiger partial charge in [0.1, 0.15) is 0 Å². The molecule has 1 saturated heterocycles. The molecule has 3 atom stereocenters. The lowest BCUT2D eigenvalue weighted by Gasteiger charge is -2.46. The van der Waals surface area contributed by atoms with E-state index in [1.165, 1.54) is 25.7 Å². The third kappa shape index (κ3) is 2.35. The summed E-state index contributed by atoms with van der Waals surface area (Å²) in [6, 6.07) is 0. The van der Waals surface area contributed by atoms with Crippen LogP contribution in [0.15, 0.2) is 0 Å². The topological polar surface area (TPSA) is 29.5 Å². The summed E-state index contributed by atoms with van der Waals surface area (Å²) in [4.78, 5) is 0. The van der Waals surface area contributed by atoms with E-state index in [-0.39, 0.29) is 5.60 Å². The Kier molecular flexibility index (Phi) is 3.26. The smallest absolute Gasteiger partial charge is 0.0708 e. The highest BCUT2D eigenvalue weighted by molar-refractivity contribution is 5.05. The summed E-state index contributed by atoms with van der Waals surface area (Å²) in [6.45, 7) is 7.74. The fourth-order valence-electron chi connectivity index (χ4n) is 5.39. The largest absolute Gasteiger partial charge is 0.389 e. The number of aliphatic hydroxyl groups is 1. The van der Waals surface area contributed by atoms with Crippen LogP contribution in [-0.2, 0) is 4.74 Å². The molecule has 1 heterocycles. The van der Waals surface area contributed by atoms with Crippen molar-refractivity contribution >= 4 is 0 Å². The second-order valence-corrected chi connectivity index (χ2v) is 8.37. The molecule has 2 heteroatoms. The van der Waals surface area contributed by atoms with Gasteiger partial charge < -0.3 is 9.84 Å². The van der Waals surface area contributed by atoms with E-state index >= 15 is 0 Å². The number of rotatable bonds is 1. The van der Waals surface area contributed by atoms with Crippen molar-refractivity contribution in [1.82, 2.24) is 0 Å². The Morgan fingerprint density at radius 2 is 1.79 bits per heavy atom. The first-order chi connectivity index (χ1) is 8.85. The summed E-state index contributed by atoms with van der Waals surface area (Å²) < 4.78 is 6.14. The molecule has 0 aromatic heterocycles. The maximum atomic E-state index is 11.3. The summed E-state index contributed by atoms with van der Waals surface area (Å²) in [7, 11) is 0. The third-order valence-electron chi connectivity index (χ3n) is 6.19. The summed E-state index contributed by atoms with van der Waals surface area (Å²) in [5, 5.41) is 11.3. The van der Waals surface area contributed by atoms with Gasteiger partial charge in [-0.05, 0) is 55.8 Å². The second-order valence-electron chi connectivity index (χ2n) is 8.37. The van der Waals surface area contributed by atoms with E-state index in [0.29, 0.717) is 17.3 Å². The van der Waals surface area contributed by atoms with E-state index in [1.807, 2.05) is 0 Å². The van der Waals surface area contributed by atoms with Gasteiger partial charge in [0, 0.05) is 6.61 Å². The minimum Gasteiger partial charge on any atom is -0.389 e. The first kappa shape index (κ1) is 13.9. The molecular weight excluding hydrogens is 236 g/mol. The van der Waals surface area contributed by atoms with Gasteiger partial charge in [-0.15, -0.1) is 0 Å². The Morgan fingerprint density at radius 3 is 2.37 bits per heavy atom. The zero-order valence-electron chi connectivity index (χ0n) is 12.9. The highest BCUT2D eigenvalue weighted by Gasteiger charge is 2.54. The van der Waals surface area contributed by atoms with Crippen molar-refractivity contribution in [3.63, 3.8) is 0 Å². The fraction of sp³-hybridized carbons (Fsp3) is 1.00. The van der Waals surface area contributed by atoms with Gasteiger partial charge in [0.15, 0.2) is 0 Å². The first-order valence-electron chi connectivity index (χ1n) is 8.22. The SMILES string of the molecule is CC1CC(C)(C)CC1(O)C1CCOC2(CCCC2)C1. The minimum atomic E-state index is -0.442. The molecule has 2 saturated carbocycles. The number of hydrogen-bond acceptors (Lipinski definition) is 2. The van der Waals surface area contributed by atoms with Crippen LogP contribution in [0.5, 0.6) is 0 Å². The lowest BCUT2D eigenvalue weighted by molar-refractivity contribution is -0.150. The Bertz CT molecular complexity index is 343. The van der Waals surface area contributed by atoms with Gasteiger partial charge in [-0.1, -0.05) is 33.6 Å². The summed E-state index contributed by atoms with van der Waals surface area (Å²) >= 11 is 0. The second kappa shape index (κ2) is 4.46. The van der Waals surface area contributed by atoms with Crippen molar-refractivity contribution in [2.45, 2.75) is 83.3 Å². The molecule has 0 aromatic carbocycles. The highest BCUT2D eigenvalue weighted by Crippen LogP contribution is 2.55. The maximum Gasteiger partial charge on any atom is 0.0708 e. The summed E-state index contributed by atoms with van der Waals surface area (Å²) in [6.07, 6.45) is 9.35. The van der Waals surface area contributed by atoms with E-state index in [1.54, 1.807) is 0 Å². The quantitative estimate of drug-likeness (QED) is 0.779. The monoisotopic (exact) mass is 266 g/mol. The van der Waals surface area contributed by atoms with Crippen molar-refractivity contribution < 1.29 is 9.84 Å². The minimum absolute atomic E-state index is 0.130. The molecule has 3 fully saturated rings. The molecule has 110 valence electrons. The lowest BCUT2D eigenvalue weighted by Crippen LogP contribution is -2.49. The Morgan fingerprint density at radius 1 is 1.11 bits per heavy atom. The molecule has 1 aliphatic heterocycles. The zero-order valence-corrected chi connectivity index (χ0v) is 12.9. The predicted octanol–water partition coefficient (Wildman–Crippen LogP) is 3.91. The molecule has 3 aliphatic rings. The van der Waals surface area contributed by atoms with Crippen LogP contribution in [0.1, 0.15) is 72.1 Å². The van der Waals surface area contributed by atoms with E-state index < -0.39 is 5.60 Å². The van der Waals surface area contributed by atoms with Crippen LogP contribution >= 0.6 is 0 Å². The van der Waals surface area contributed by atoms with Crippen LogP contribution in [0.3, 0.4) is 0 Å². The number of ether oxygens (including phenoxy) is 1. The molecule has 1 N–H and O–H groups in total. The maximum absolute atomic E-state index is 11.3. The molecule has 0 aromatic rings. The normalized spacial score (nSPS) is 44.8. The summed E-state index contributed by atoms with van der Waals surface area (Å²) in [5.74, 6) is 0.889. The standard InChI is InChI=1S/C17H30O2/c1-13-10-15(2,3)12-17(13,18)14-6-9-19-16(11-14)7-4-5-8-16/h13-14,18H,4-12H2,1-3H3. The van der Waals surface area contributed by atoms with Crippen molar-refractivity contribution in [3.8, 4) is 0 Å². The van der Waals surface area contributed by atoms with Crippen LogP contribution in [0.4, 0.5) is 0 Å². The molecule has 3 unspecified atom stereocenters. The molecule has 19 heavy (non-hydrogen) atoms. The Labute approximate surface area is 117 Å². The van der Waals surface area contributed by atoms with Gasteiger partial charge in [-0.2, -0.15) is 0 Å². The zero-order chi connectivity index (χ0) is 13.7. The molecule has 1 spiro atoms. The van der Waals surface area contributed by atoms with Gasteiger partial charge in [0.05, 0.1) is 11.2 Å². The van der Waals surface area contributed by atoms with Crippen molar-refractivity contribution in [3.05, 3.63) is 0 Å². The van der Waals surface area contributed by atoms with Crippen LogP contribution < -0.4 is 0 Å². The van der Waals surface area contributed by atoms with Gasteiger partial charge >= 0.3 is 0 Å². The molecule has 0 bridgehead atoms. The van der Waals surface area contributed by atoms with Crippen LogP contribution in [0.25, 0.3) is 0 Å². The molecular formula is C17H30O2. The third-order valence-corrected chi connectivity index (χ3v) is 6.19. The Balaban J connectivity index is 1.78. The fourth-order valence-corrected chi connectivity index (χ4v) is 5.39. The van der Waals surface area contributed by atoms with Crippen LogP contribution in [-0.4, -0.2) is 22.9 Å². The van der Waals surface area contributed by atoms with Gasteiger partial charge in [-0.3, -0.25) is 0 Å². The molecule has 0 radical (unpaired) electrons. The van der Waals surface area contributed by atoms with Gasteiger partial charge in [-0.25, -0.2) is 0 Å². The van der Waals surface area contributed by atoms with E-state index in [0.717, 1.165) is 32.3 Å². The van der Waals surface area contributed by atoms with Crippen molar-refractivity contribution in [2.75, 3.05) is 6.61 Å². The van der Waals surface area contributed by atoms with Gasteiger partial charge in [0.25, 0.3) is 0 Å². The predicted molar refractivity (Wildman–Crippen MR) is 77.0 cm³/mol. The molecule has 3 rings (SSSR count). The van der Waals surface area contributed by atoms with Gasteiger partial charge in [0.2, 0.25) is 0 Å². The molecule has 0 amide bonds. The average molecular weight is 266 g/mol. The first-order valence-corrected chi connectivity index (χ1v) is 8.22. The van der Waals surface area contributed by atoms with E-state index in [2.05, 4.69) is 20.8 Å². The van der Waals surface area contributed by atoms with E-state index in [9.17, 15) is 5.11 Å². The highest BCUT2D eigenvalue weighted by atomic mass is 16.5. The summed E-state index contributed by atoms with van der Waals surface area (Å²) in [5.41, 5.74) is -0.0106.